The summed E-state index contributed by atoms with van der Waals surface area (Å²) in [7, 11) is 0. The molecule has 2 rings (SSSR count). The standard InChI is InChI=1S/C18H26N2O2/c1-4-14(3)19-18(22)16-11-17(21)20(12-16)10-9-15-7-5-13(2)6-8-15/h5-8,14,16H,4,9-12H2,1-3H3,(H,19,22)/t14-,16-/m1/s1. The van der Waals surface area contributed by atoms with E-state index in [9.17, 15) is 9.59 Å². The predicted molar refractivity (Wildman–Crippen MR) is 87.5 cm³/mol. The number of hydrogen-bond donors (Lipinski definition) is 1. The van der Waals surface area contributed by atoms with Gasteiger partial charge in [0, 0.05) is 25.6 Å². The first-order valence-electron chi connectivity index (χ1n) is 8.13. The maximum absolute atomic E-state index is 12.1. The molecule has 1 aliphatic rings. The second-order valence-electron chi connectivity index (χ2n) is 6.29. The predicted octanol–water partition coefficient (Wildman–Crippen LogP) is 2.30. The molecule has 0 aliphatic carbocycles. The number of likely N-dealkylation sites (tertiary alicyclic amines) is 1. The Morgan fingerprint density at radius 1 is 1.36 bits per heavy atom. The molecule has 2 atom stereocenters. The van der Waals surface area contributed by atoms with Crippen molar-refractivity contribution in [3.05, 3.63) is 35.4 Å². The number of rotatable bonds is 6. The Morgan fingerprint density at radius 3 is 2.68 bits per heavy atom. The Kier molecular flexibility index (Phi) is 5.58. The van der Waals surface area contributed by atoms with E-state index in [1.165, 1.54) is 11.1 Å². The third-order valence-electron chi connectivity index (χ3n) is 4.38. The first-order valence-corrected chi connectivity index (χ1v) is 8.13. The summed E-state index contributed by atoms with van der Waals surface area (Å²) in [5.74, 6) is -0.0866. The number of carbonyl (C=O) groups excluding carboxylic acids is 2. The molecule has 2 amide bonds. The van der Waals surface area contributed by atoms with Crippen LogP contribution in [0, 0.1) is 12.8 Å². The summed E-state index contributed by atoms with van der Waals surface area (Å²) < 4.78 is 0. The van der Waals surface area contributed by atoms with Gasteiger partial charge in [-0.1, -0.05) is 36.8 Å². The van der Waals surface area contributed by atoms with Crippen LogP contribution in [0.1, 0.15) is 37.8 Å². The Balaban J connectivity index is 1.84. The van der Waals surface area contributed by atoms with Gasteiger partial charge in [-0.05, 0) is 32.3 Å². The summed E-state index contributed by atoms with van der Waals surface area (Å²) in [4.78, 5) is 26.0. The van der Waals surface area contributed by atoms with Crippen molar-refractivity contribution in [2.24, 2.45) is 5.92 Å². The van der Waals surface area contributed by atoms with Gasteiger partial charge in [0.2, 0.25) is 11.8 Å². The number of amides is 2. The van der Waals surface area contributed by atoms with E-state index in [0.717, 1.165) is 12.8 Å². The molecule has 4 heteroatoms. The lowest BCUT2D eigenvalue weighted by Crippen LogP contribution is -2.38. The van der Waals surface area contributed by atoms with Crippen LogP contribution in [0.25, 0.3) is 0 Å². The Morgan fingerprint density at radius 2 is 2.05 bits per heavy atom. The highest BCUT2D eigenvalue weighted by atomic mass is 16.2. The van der Waals surface area contributed by atoms with E-state index in [-0.39, 0.29) is 23.8 Å². The Hall–Kier alpha value is -1.84. The van der Waals surface area contributed by atoms with Crippen molar-refractivity contribution < 1.29 is 9.59 Å². The highest BCUT2D eigenvalue weighted by Gasteiger charge is 2.34. The summed E-state index contributed by atoms with van der Waals surface area (Å²) in [6.45, 7) is 7.33. The van der Waals surface area contributed by atoms with Crippen LogP contribution in [0.2, 0.25) is 0 Å². The maximum atomic E-state index is 12.1. The first-order chi connectivity index (χ1) is 10.5. The lowest BCUT2D eigenvalue weighted by atomic mass is 10.1. The minimum Gasteiger partial charge on any atom is -0.353 e. The lowest BCUT2D eigenvalue weighted by Gasteiger charge is -2.18. The zero-order valence-corrected chi connectivity index (χ0v) is 13.8. The zero-order chi connectivity index (χ0) is 16.1. The smallest absolute Gasteiger partial charge is 0.225 e. The fraction of sp³-hybridized carbons (Fsp3) is 0.556. The van der Waals surface area contributed by atoms with Crippen molar-refractivity contribution in [2.75, 3.05) is 13.1 Å². The molecule has 0 spiro atoms. The van der Waals surface area contributed by atoms with Gasteiger partial charge in [-0.3, -0.25) is 9.59 Å². The zero-order valence-electron chi connectivity index (χ0n) is 13.8. The molecule has 1 saturated heterocycles. The molecule has 1 aliphatic heterocycles. The van der Waals surface area contributed by atoms with E-state index in [1.807, 2.05) is 18.7 Å². The SMILES string of the molecule is CC[C@@H](C)NC(=O)[C@@H]1CC(=O)N(CCc2ccc(C)cc2)C1. The third-order valence-corrected chi connectivity index (χ3v) is 4.38. The van der Waals surface area contributed by atoms with Crippen LogP contribution in [-0.2, 0) is 16.0 Å². The molecule has 1 aromatic rings. The minimum absolute atomic E-state index is 0.0144. The van der Waals surface area contributed by atoms with Crippen LogP contribution in [0.3, 0.4) is 0 Å². The van der Waals surface area contributed by atoms with Gasteiger partial charge in [-0.25, -0.2) is 0 Å². The second kappa shape index (κ2) is 7.43. The third kappa shape index (κ3) is 4.33. The summed E-state index contributed by atoms with van der Waals surface area (Å²) in [5.41, 5.74) is 2.47. The van der Waals surface area contributed by atoms with Crippen molar-refractivity contribution in [3.63, 3.8) is 0 Å². The van der Waals surface area contributed by atoms with Crippen molar-refractivity contribution in [3.8, 4) is 0 Å². The Labute approximate surface area is 132 Å². The molecule has 1 fully saturated rings. The summed E-state index contributed by atoms with van der Waals surface area (Å²) in [5, 5.41) is 2.97. The Bertz CT molecular complexity index is 524. The van der Waals surface area contributed by atoms with Gasteiger partial charge in [0.05, 0.1) is 5.92 Å². The highest BCUT2D eigenvalue weighted by Crippen LogP contribution is 2.19. The van der Waals surface area contributed by atoms with E-state index in [1.54, 1.807) is 0 Å². The van der Waals surface area contributed by atoms with Crippen LogP contribution >= 0.6 is 0 Å². The van der Waals surface area contributed by atoms with Crippen molar-refractivity contribution in [1.29, 1.82) is 0 Å². The lowest BCUT2D eigenvalue weighted by molar-refractivity contribution is -0.129. The molecule has 0 radical (unpaired) electrons. The van der Waals surface area contributed by atoms with Crippen LogP contribution in [0.4, 0.5) is 0 Å². The largest absolute Gasteiger partial charge is 0.353 e. The topological polar surface area (TPSA) is 49.4 Å². The number of carbonyl (C=O) groups is 2. The monoisotopic (exact) mass is 302 g/mol. The molecule has 1 heterocycles. The summed E-state index contributed by atoms with van der Waals surface area (Å²) in [6.07, 6.45) is 2.09. The normalized spacial score (nSPS) is 19.3. The maximum Gasteiger partial charge on any atom is 0.225 e. The van der Waals surface area contributed by atoms with Crippen molar-refractivity contribution in [2.45, 2.75) is 46.1 Å². The summed E-state index contributed by atoms with van der Waals surface area (Å²) >= 11 is 0. The minimum atomic E-state index is -0.195. The molecular weight excluding hydrogens is 276 g/mol. The molecule has 22 heavy (non-hydrogen) atoms. The van der Waals surface area contributed by atoms with Crippen LogP contribution in [0.15, 0.2) is 24.3 Å². The van der Waals surface area contributed by atoms with Crippen LogP contribution in [0.5, 0.6) is 0 Å². The van der Waals surface area contributed by atoms with E-state index in [4.69, 9.17) is 0 Å². The first kappa shape index (κ1) is 16.5. The van der Waals surface area contributed by atoms with Crippen LogP contribution in [-0.4, -0.2) is 35.8 Å². The van der Waals surface area contributed by atoms with E-state index < -0.39 is 0 Å². The van der Waals surface area contributed by atoms with Gasteiger partial charge in [0.15, 0.2) is 0 Å². The molecule has 1 aromatic carbocycles. The van der Waals surface area contributed by atoms with Gasteiger partial charge < -0.3 is 10.2 Å². The molecule has 0 aromatic heterocycles. The number of hydrogen-bond acceptors (Lipinski definition) is 2. The van der Waals surface area contributed by atoms with Gasteiger partial charge in [0.1, 0.15) is 0 Å². The van der Waals surface area contributed by atoms with Crippen molar-refractivity contribution >= 4 is 11.8 Å². The van der Waals surface area contributed by atoms with Gasteiger partial charge in [0.25, 0.3) is 0 Å². The molecular formula is C18H26N2O2. The molecule has 0 unspecified atom stereocenters. The highest BCUT2D eigenvalue weighted by molar-refractivity contribution is 5.89. The van der Waals surface area contributed by atoms with E-state index >= 15 is 0 Å². The molecule has 120 valence electrons. The number of benzene rings is 1. The molecule has 1 N–H and O–H groups in total. The fourth-order valence-corrected chi connectivity index (χ4v) is 2.65. The van der Waals surface area contributed by atoms with Crippen LogP contribution < -0.4 is 5.32 Å². The van der Waals surface area contributed by atoms with Crippen molar-refractivity contribution in [1.82, 2.24) is 10.2 Å². The van der Waals surface area contributed by atoms with Gasteiger partial charge in [-0.2, -0.15) is 0 Å². The number of nitrogens with one attached hydrogen (secondary N) is 1. The number of aryl methyl sites for hydroxylation is 1. The fourth-order valence-electron chi connectivity index (χ4n) is 2.65. The van der Waals surface area contributed by atoms with E-state index in [0.29, 0.717) is 19.5 Å². The molecule has 0 saturated carbocycles. The van der Waals surface area contributed by atoms with E-state index in [2.05, 4.69) is 36.5 Å². The quantitative estimate of drug-likeness (QED) is 0.876. The average Bonchev–Trinajstić information content (AvgIpc) is 2.88. The summed E-state index contributed by atoms with van der Waals surface area (Å²) in [6, 6.07) is 8.54. The molecule has 4 nitrogen and oxygen atoms in total. The number of nitrogens with zero attached hydrogens (tertiary/aromatic N) is 1. The molecule has 0 bridgehead atoms. The average molecular weight is 302 g/mol. The van der Waals surface area contributed by atoms with Gasteiger partial charge in [-0.15, -0.1) is 0 Å². The second-order valence-corrected chi connectivity index (χ2v) is 6.29. The van der Waals surface area contributed by atoms with Gasteiger partial charge >= 0.3 is 0 Å².